The van der Waals surface area contributed by atoms with Crippen molar-refractivity contribution in [2.24, 2.45) is 0 Å². The Labute approximate surface area is 198 Å². The Morgan fingerprint density at radius 2 is 1.71 bits per heavy atom. The fourth-order valence-corrected chi connectivity index (χ4v) is 5.46. The molecule has 2 aliphatic rings. The number of rotatable bonds is 4. The molecule has 1 saturated heterocycles. The third kappa shape index (κ3) is 3.90. The van der Waals surface area contributed by atoms with E-state index in [1.807, 2.05) is 0 Å². The normalized spacial score (nSPS) is 20.1. The second-order valence-corrected chi connectivity index (χ2v) is 9.67. The summed E-state index contributed by atoms with van der Waals surface area (Å²) in [5, 5.41) is 0.647. The number of aryl methyl sites for hydroxylation is 1. The molecule has 34 heavy (non-hydrogen) atoms. The maximum Gasteiger partial charge on any atom is 0.274 e. The van der Waals surface area contributed by atoms with E-state index in [0.717, 1.165) is 4.90 Å². The number of thiazole rings is 1. The number of benzene rings is 2. The van der Waals surface area contributed by atoms with Crippen molar-refractivity contribution in [2.75, 3.05) is 13.1 Å². The first-order valence-electron chi connectivity index (χ1n) is 11.0. The molecule has 1 aromatic heterocycles. The number of likely N-dealkylation sites (tertiary alicyclic amines) is 1. The van der Waals surface area contributed by atoms with Crippen molar-refractivity contribution in [3.8, 4) is 10.4 Å². The molecule has 0 aliphatic carbocycles. The number of imide groups is 1. The monoisotopic (exact) mass is 481 g/mol. The minimum Gasteiger partial charge on any atom is -0.330 e. The fraction of sp³-hybridized carbons (Fsp3) is 0.280. The lowest BCUT2D eigenvalue weighted by Crippen LogP contribution is -2.53. The highest BCUT2D eigenvalue weighted by atomic mass is 32.1. The zero-order valence-corrected chi connectivity index (χ0v) is 19.1. The molecule has 9 heteroatoms. The summed E-state index contributed by atoms with van der Waals surface area (Å²) < 4.78 is 27.9. The number of carbonyl (C=O) groups is 3. The Balaban J connectivity index is 1.44. The zero-order chi connectivity index (χ0) is 24.0. The van der Waals surface area contributed by atoms with Crippen LogP contribution in [-0.4, -0.2) is 57.8 Å². The maximum atomic E-state index is 14.4. The van der Waals surface area contributed by atoms with Crippen LogP contribution in [0.4, 0.5) is 8.78 Å². The number of halogens is 2. The van der Waals surface area contributed by atoms with E-state index in [1.54, 1.807) is 43.3 Å². The summed E-state index contributed by atoms with van der Waals surface area (Å²) in [6.07, 6.45) is -0.662. The molecule has 2 aliphatic heterocycles. The summed E-state index contributed by atoms with van der Waals surface area (Å²) in [5.41, 5.74) is 1.47. The van der Waals surface area contributed by atoms with Crippen molar-refractivity contribution >= 4 is 29.1 Å². The molecule has 3 aromatic rings. The summed E-state index contributed by atoms with van der Waals surface area (Å²) in [7, 11) is 0. The number of hydrogen-bond donors (Lipinski definition) is 0. The van der Waals surface area contributed by atoms with Crippen molar-refractivity contribution in [2.45, 2.75) is 32.0 Å². The number of aromatic nitrogens is 1. The first kappa shape index (κ1) is 22.3. The molecule has 3 amide bonds. The van der Waals surface area contributed by atoms with Crippen LogP contribution in [0, 0.1) is 12.7 Å². The van der Waals surface area contributed by atoms with Crippen LogP contribution in [0.25, 0.3) is 10.4 Å². The van der Waals surface area contributed by atoms with E-state index in [0.29, 0.717) is 33.0 Å². The molecule has 0 spiro atoms. The third-order valence-electron chi connectivity index (χ3n) is 6.22. The number of carbonyl (C=O) groups excluding carboxylic acids is 3. The first-order chi connectivity index (χ1) is 16.3. The van der Waals surface area contributed by atoms with Gasteiger partial charge in [-0.3, -0.25) is 19.3 Å². The number of hydrogen-bond acceptors (Lipinski definition) is 5. The summed E-state index contributed by atoms with van der Waals surface area (Å²) in [6.45, 7) is 1.60. The van der Waals surface area contributed by atoms with Gasteiger partial charge in [-0.05, 0) is 49.6 Å². The maximum absolute atomic E-state index is 14.4. The molecule has 2 unspecified atom stereocenters. The van der Waals surface area contributed by atoms with Gasteiger partial charge in [-0.1, -0.05) is 24.3 Å². The van der Waals surface area contributed by atoms with Gasteiger partial charge in [-0.2, -0.15) is 0 Å². The largest absolute Gasteiger partial charge is 0.330 e. The van der Waals surface area contributed by atoms with Gasteiger partial charge in [0.15, 0.2) is 0 Å². The lowest BCUT2D eigenvalue weighted by atomic mass is 9.99. The van der Waals surface area contributed by atoms with Crippen LogP contribution < -0.4 is 0 Å². The van der Waals surface area contributed by atoms with E-state index in [4.69, 9.17) is 0 Å². The van der Waals surface area contributed by atoms with Crippen LogP contribution >= 0.6 is 11.3 Å². The van der Waals surface area contributed by atoms with Gasteiger partial charge in [0, 0.05) is 6.54 Å². The van der Waals surface area contributed by atoms with Crippen molar-refractivity contribution in [3.05, 3.63) is 76.2 Å². The molecule has 1 fully saturated rings. The summed E-state index contributed by atoms with van der Waals surface area (Å²) in [6, 6.07) is 11.8. The molecule has 174 valence electrons. The van der Waals surface area contributed by atoms with E-state index >= 15 is 0 Å². The van der Waals surface area contributed by atoms with Crippen LogP contribution in [0.5, 0.6) is 0 Å². The van der Waals surface area contributed by atoms with Gasteiger partial charge in [0.05, 0.1) is 33.6 Å². The van der Waals surface area contributed by atoms with Crippen LogP contribution in [-0.2, 0) is 0 Å². The molecule has 0 saturated carbocycles. The smallest absolute Gasteiger partial charge is 0.274 e. The van der Waals surface area contributed by atoms with Gasteiger partial charge in [0.25, 0.3) is 17.7 Å². The molecular weight excluding hydrogens is 460 g/mol. The van der Waals surface area contributed by atoms with E-state index in [1.165, 1.54) is 28.4 Å². The zero-order valence-electron chi connectivity index (χ0n) is 18.3. The molecule has 0 radical (unpaired) electrons. The van der Waals surface area contributed by atoms with E-state index in [2.05, 4.69) is 4.98 Å². The van der Waals surface area contributed by atoms with Crippen molar-refractivity contribution < 1.29 is 23.2 Å². The minimum atomic E-state index is -1.21. The van der Waals surface area contributed by atoms with Gasteiger partial charge in [-0.15, -0.1) is 11.3 Å². The van der Waals surface area contributed by atoms with Gasteiger partial charge in [0.2, 0.25) is 0 Å². The molecule has 2 atom stereocenters. The lowest BCUT2D eigenvalue weighted by Gasteiger charge is -2.38. The molecular formula is C25H21F2N3O3S. The minimum absolute atomic E-state index is 0.0141. The van der Waals surface area contributed by atoms with Crippen LogP contribution in [0.1, 0.15) is 49.1 Å². The number of alkyl halides is 1. The highest BCUT2D eigenvalue weighted by molar-refractivity contribution is 7.15. The Hall–Kier alpha value is -3.46. The predicted octanol–water partition coefficient (Wildman–Crippen LogP) is 4.50. The van der Waals surface area contributed by atoms with Crippen LogP contribution in [0.2, 0.25) is 0 Å². The lowest BCUT2D eigenvalue weighted by molar-refractivity contribution is 0.0353. The highest BCUT2D eigenvalue weighted by Gasteiger charge is 2.41. The van der Waals surface area contributed by atoms with Crippen LogP contribution in [0.3, 0.4) is 0 Å². The first-order valence-corrected chi connectivity index (χ1v) is 11.8. The second-order valence-electron chi connectivity index (χ2n) is 8.47. The summed E-state index contributed by atoms with van der Waals surface area (Å²) in [5.74, 6) is -1.68. The molecule has 5 rings (SSSR count). The molecule has 0 N–H and O–H groups in total. The molecule has 3 heterocycles. The Bertz CT molecular complexity index is 1260. The Morgan fingerprint density at radius 1 is 1.06 bits per heavy atom. The van der Waals surface area contributed by atoms with Crippen LogP contribution in [0.15, 0.2) is 48.5 Å². The summed E-state index contributed by atoms with van der Waals surface area (Å²) in [4.78, 5) is 46.8. The predicted molar refractivity (Wildman–Crippen MR) is 123 cm³/mol. The molecule has 6 nitrogen and oxygen atoms in total. The van der Waals surface area contributed by atoms with E-state index < -0.39 is 35.8 Å². The van der Waals surface area contributed by atoms with Crippen molar-refractivity contribution in [1.82, 2.24) is 14.8 Å². The highest BCUT2D eigenvalue weighted by Crippen LogP contribution is 2.33. The number of fused-ring (bicyclic) bond motifs is 1. The topological polar surface area (TPSA) is 70.6 Å². The quantitative estimate of drug-likeness (QED) is 0.515. The van der Waals surface area contributed by atoms with E-state index in [9.17, 15) is 23.2 Å². The Kier molecular flexibility index (Phi) is 5.73. The Morgan fingerprint density at radius 3 is 2.35 bits per heavy atom. The van der Waals surface area contributed by atoms with Gasteiger partial charge >= 0.3 is 0 Å². The standard InChI is InChI=1S/C25H21F2N3O3S/c1-14-28-21(22(34-14)15-6-8-16(26)9-7-15)25(33)29-12-17(27)10-11-18(29)13-30-23(31)19-4-2-3-5-20(19)24(30)32/h2-9,17-18H,10-13H2,1H3. The second kappa shape index (κ2) is 8.72. The number of amides is 3. The van der Waals surface area contributed by atoms with Gasteiger partial charge in [-0.25, -0.2) is 13.8 Å². The van der Waals surface area contributed by atoms with Gasteiger partial charge < -0.3 is 4.90 Å². The number of nitrogens with zero attached hydrogens (tertiary/aromatic N) is 3. The third-order valence-corrected chi connectivity index (χ3v) is 7.24. The number of piperidine rings is 1. The average Bonchev–Trinajstić information content (AvgIpc) is 3.33. The SMILES string of the molecule is Cc1nc(C(=O)N2CC(F)CCC2CN2C(=O)c3ccccc3C2=O)c(-c2ccc(F)cc2)s1. The van der Waals surface area contributed by atoms with Gasteiger partial charge in [0.1, 0.15) is 17.7 Å². The average molecular weight is 482 g/mol. The van der Waals surface area contributed by atoms with Crippen molar-refractivity contribution in [1.29, 1.82) is 0 Å². The molecule has 2 aromatic carbocycles. The fourth-order valence-electron chi connectivity index (χ4n) is 4.54. The van der Waals surface area contributed by atoms with Crippen molar-refractivity contribution in [3.63, 3.8) is 0 Å². The summed E-state index contributed by atoms with van der Waals surface area (Å²) >= 11 is 1.30. The van der Waals surface area contributed by atoms with E-state index in [-0.39, 0.29) is 25.2 Å². The molecule has 0 bridgehead atoms.